The van der Waals surface area contributed by atoms with Gasteiger partial charge >= 0.3 is 0 Å². The second kappa shape index (κ2) is 8.88. The number of benzene rings is 1. The van der Waals surface area contributed by atoms with E-state index in [-0.39, 0.29) is 11.8 Å². The number of nitrogens with zero attached hydrogens (tertiary/aromatic N) is 3. The van der Waals surface area contributed by atoms with E-state index in [2.05, 4.69) is 27.8 Å². The van der Waals surface area contributed by atoms with Crippen LogP contribution in [0, 0.1) is 0 Å². The molecule has 1 fully saturated rings. The Balaban J connectivity index is 1.25. The molecule has 1 aromatic carbocycles. The fourth-order valence-electron chi connectivity index (χ4n) is 4.12. The van der Waals surface area contributed by atoms with Crippen LogP contribution in [0.3, 0.4) is 0 Å². The van der Waals surface area contributed by atoms with Crippen molar-refractivity contribution < 1.29 is 9.59 Å². The first-order valence-electron chi connectivity index (χ1n) is 10.1. The molecule has 2 aliphatic heterocycles. The van der Waals surface area contributed by atoms with Gasteiger partial charge in [-0.05, 0) is 46.9 Å². The highest BCUT2D eigenvalue weighted by atomic mass is 32.1. The predicted molar refractivity (Wildman–Crippen MR) is 113 cm³/mol. The van der Waals surface area contributed by atoms with Crippen LogP contribution in [0.5, 0.6) is 0 Å². The third kappa shape index (κ3) is 4.45. The van der Waals surface area contributed by atoms with Crippen molar-refractivity contribution in [1.29, 1.82) is 0 Å². The third-order valence-corrected chi connectivity index (χ3v) is 6.40. The molecule has 0 N–H and O–H groups in total. The maximum absolute atomic E-state index is 12.7. The molecule has 0 unspecified atom stereocenters. The minimum atomic E-state index is 0.0622. The standard InChI is InChI=1S/C22H27N3O2S/c26-21(6-7-22(27)25-12-8-19-4-1-2-5-20(19)25)24-11-3-10-23(13-14-24)16-18-9-15-28-17-18/h1-2,4-5,9,15,17H,3,6-8,10-14,16H2. The second-order valence-corrected chi connectivity index (χ2v) is 8.35. The third-order valence-electron chi connectivity index (χ3n) is 5.67. The summed E-state index contributed by atoms with van der Waals surface area (Å²) in [5, 5.41) is 4.30. The zero-order valence-corrected chi connectivity index (χ0v) is 17.0. The molecule has 5 nitrogen and oxygen atoms in total. The van der Waals surface area contributed by atoms with E-state index in [0.717, 1.165) is 57.8 Å². The summed E-state index contributed by atoms with van der Waals surface area (Å²) in [6.07, 6.45) is 2.50. The minimum Gasteiger partial charge on any atom is -0.341 e. The van der Waals surface area contributed by atoms with Crippen LogP contribution >= 0.6 is 11.3 Å². The molecule has 0 aliphatic carbocycles. The van der Waals surface area contributed by atoms with Gasteiger partial charge in [0.1, 0.15) is 0 Å². The monoisotopic (exact) mass is 397 g/mol. The normalized spacial score (nSPS) is 17.4. The number of carbonyl (C=O) groups is 2. The summed E-state index contributed by atoms with van der Waals surface area (Å²) >= 11 is 1.73. The van der Waals surface area contributed by atoms with E-state index in [1.54, 1.807) is 11.3 Å². The fraction of sp³-hybridized carbons (Fsp3) is 0.455. The highest BCUT2D eigenvalue weighted by Crippen LogP contribution is 2.28. The molecule has 0 radical (unpaired) electrons. The average Bonchev–Trinajstić information content (AvgIpc) is 3.31. The molecule has 2 aliphatic rings. The zero-order chi connectivity index (χ0) is 19.3. The summed E-state index contributed by atoms with van der Waals surface area (Å²) in [5.41, 5.74) is 3.58. The molecule has 148 valence electrons. The Morgan fingerprint density at radius 3 is 2.64 bits per heavy atom. The lowest BCUT2D eigenvalue weighted by molar-refractivity contribution is -0.133. The Labute approximate surface area is 170 Å². The van der Waals surface area contributed by atoms with Crippen molar-refractivity contribution in [2.75, 3.05) is 37.6 Å². The highest BCUT2D eigenvalue weighted by molar-refractivity contribution is 7.07. The number of fused-ring (bicyclic) bond motifs is 1. The molecule has 0 atom stereocenters. The molecule has 0 bridgehead atoms. The summed E-state index contributed by atoms with van der Waals surface area (Å²) in [4.78, 5) is 31.5. The fourth-order valence-corrected chi connectivity index (χ4v) is 4.78. The van der Waals surface area contributed by atoms with Crippen molar-refractivity contribution in [2.45, 2.75) is 32.2 Å². The molecule has 0 spiro atoms. The SMILES string of the molecule is O=C(CCC(=O)N1CCc2ccccc21)N1CCCN(Cc2ccsc2)CC1. The Hall–Kier alpha value is -2.18. The zero-order valence-electron chi connectivity index (χ0n) is 16.2. The van der Waals surface area contributed by atoms with Gasteiger partial charge in [-0.25, -0.2) is 0 Å². The number of rotatable bonds is 5. The maximum Gasteiger partial charge on any atom is 0.227 e. The lowest BCUT2D eigenvalue weighted by atomic mass is 10.2. The van der Waals surface area contributed by atoms with Gasteiger partial charge in [-0.15, -0.1) is 0 Å². The van der Waals surface area contributed by atoms with Crippen LogP contribution < -0.4 is 4.90 Å². The summed E-state index contributed by atoms with van der Waals surface area (Å²) in [5.74, 6) is 0.172. The lowest BCUT2D eigenvalue weighted by Gasteiger charge is -2.22. The molecule has 4 rings (SSSR count). The summed E-state index contributed by atoms with van der Waals surface area (Å²) in [7, 11) is 0. The number of thiophene rings is 1. The average molecular weight is 398 g/mol. The summed E-state index contributed by atoms with van der Waals surface area (Å²) in [6.45, 7) is 5.15. The summed E-state index contributed by atoms with van der Waals surface area (Å²) < 4.78 is 0. The molecule has 1 saturated heterocycles. The van der Waals surface area contributed by atoms with E-state index >= 15 is 0 Å². The van der Waals surface area contributed by atoms with E-state index in [1.165, 1.54) is 11.1 Å². The lowest BCUT2D eigenvalue weighted by Crippen LogP contribution is -2.36. The van der Waals surface area contributed by atoms with Crippen LogP contribution in [0.1, 0.15) is 30.4 Å². The summed E-state index contributed by atoms with van der Waals surface area (Å²) in [6, 6.07) is 10.2. The Bertz CT molecular complexity index is 821. The molecule has 1 aromatic heterocycles. The Kier molecular flexibility index (Phi) is 6.07. The van der Waals surface area contributed by atoms with Crippen LogP contribution in [-0.4, -0.2) is 54.3 Å². The van der Waals surface area contributed by atoms with Crippen LogP contribution in [0.4, 0.5) is 5.69 Å². The number of para-hydroxylation sites is 1. The molecule has 2 aromatic rings. The van der Waals surface area contributed by atoms with E-state index in [4.69, 9.17) is 0 Å². The van der Waals surface area contributed by atoms with Crippen molar-refractivity contribution in [3.05, 3.63) is 52.2 Å². The molecular weight excluding hydrogens is 370 g/mol. The van der Waals surface area contributed by atoms with Crippen molar-refractivity contribution in [3.8, 4) is 0 Å². The number of hydrogen-bond acceptors (Lipinski definition) is 4. The highest BCUT2D eigenvalue weighted by Gasteiger charge is 2.25. The number of amides is 2. The van der Waals surface area contributed by atoms with Crippen molar-refractivity contribution in [3.63, 3.8) is 0 Å². The van der Waals surface area contributed by atoms with Crippen molar-refractivity contribution in [1.82, 2.24) is 9.80 Å². The van der Waals surface area contributed by atoms with Gasteiger partial charge in [-0.2, -0.15) is 11.3 Å². The predicted octanol–water partition coefficient (Wildman–Crippen LogP) is 3.15. The number of anilines is 1. The smallest absolute Gasteiger partial charge is 0.227 e. The molecule has 6 heteroatoms. The van der Waals surface area contributed by atoms with Gasteiger partial charge in [0.2, 0.25) is 11.8 Å². The second-order valence-electron chi connectivity index (χ2n) is 7.57. The minimum absolute atomic E-state index is 0.0622. The van der Waals surface area contributed by atoms with E-state index in [9.17, 15) is 9.59 Å². The Morgan fingerprint density at radius 1 is 0.929 bits per heavy atom. The number of hydrogen-bond donors (Lipinski definition) is 0. The molecule has 0 saturated carbocycles. The van der Waals surface area contributed by atoms with Gasteiger partial charge < -0.3 is 9.80 Å². The van der Waals surface area contributed by atoms with Gasteiger partial charge in [-0.3, -0.25) is 14.5 Å². The van der Waals surface area contributed by atoms with E-state index in [0.29, 0.717) is 12.8 Å². The number of carbonyl (C=O) groups excluding carboxylic acids is 2. The van der Waals surface area contributed by atoms with Crippen molar-refractivity contribution in [2.24, 2.45) is 0 Å². The quantitative estimate of drug-likeness (QED) is 0.779. The Morgan fingerprint density at radius 2 is 1.79 bits per heavy atom. The largest absolute Gasteiger partial charge is 0.341 e. The van der Waals surface area contributed by atoms with Crippen LogP contribution in [0.15, 0.2) is 41.1 Å². The van der Waals surface area contributed by atoms with Gasteiger partial charge in [0.05, 0.1) is 0 Å². The van der Waals surface area contributed by atoms with Crippen molar-refractivity contribution >= 4 is 28.8 Å². The molecular formula is C22H27N3O2S. The maximum atomic E-state index is 12.7. The first kappa shape index (κ1) is 19.2. The molecule has 28 heavy (non-hydrogen) atoms. The van der Waals surface area contributed by atoms with E-state index < -0.39 is 0 Å². The van der Waals surface area contributed by atoms with Crippen LogP contribution in [0.25, 0.3) is 0 Å². The molecule has 2 amide bonds. The van der Waals surface area contributed by atoms with Crippen LogP contribution in [0.2, 0.25) is 0 Å². The van der Waals surface area contributed by atoms with Gasteiger partial charge in [0.25, 0.3) is 0 Å². The van der Waals surface area contributed by atoms with E-state index in [1.807, 2.05) is 28.0 Å². The molecule has 3 heterocycles. The first-order chi connectivity index (χ1) is 13.7. The topological polar surface area (TPSA) is 43.9 Å². The van der Waals surface area contributed by atoms with Gasteiger partial charge in [0.15, 0.2) is 0 Å². The van der Waals surface area contributed by atoms with Gasteiger partial charge in [0, 0.05) is 57.8 Å². The first-order valence-corrected chi connectivity index (χ1v) is 11.0. The van der Waals surface area contributed by atoms with Gasteiger partial charge in [-0.1, -0.05) is 18.2 Å². The van der Waals surface area contributed by atoms with Crippen LogP contribution in [-0.2, 0) is 22.6 Å².